The first-order chi connectivity index (χ1) is 13.4. The number of H-pyrrole nitrogens is 1. The molecule has 2 aromatic heterocycles. The number of aryl methyl sites for hydroxylation is 1. The maximum atomic E-state index is 11.6. The fourth-order valence-electron chi connectivity index (χ4n) is 4.54. The number of aromatic amines is 1. The molecule has 146 valence electrons. The Kier molecular flexibility index (Phi) is 4.96. The summed E-state index contributed by atoms with van der Waals surface area (Å²) in [6.45, 7) is 9.96. The van der Waals surface area contributed by atoms with Crippen molar-refractivity contribution in [1.82, 2.24) is 14.9 Å². The molecular formula is C24H29N3O. The number of fused-ring (bicyclic) bond motifs is 1. The van der Waals surface area contributed by atoms with Crippen molar-refractivity contribution < 1.29 is 4.79 Å². The summed E-state index contributed by atoms with van der Waals surface area (Å²) in [6, 6.07) is 11.1. The van der Waals surface area contributed by atoms with Crippen molar-refractivity contribution in [3.05, 3.63) is 53.3 Å². The molecule has 0 spiro atoms. The zero-order valence-corrected chi connectivity index (χ0v) is 17.2. The zero-order valence-electron chi connectivity index (χ0n) is 17.2. The van der Waals surface area contributed by atoms with Gasteiger partial charge in [-0.25, -0.2) is 0 Å². The summed E-state index contributed by atoms with van der Waals surface area (Å²) >= 11 is 0. The van der Waals surface area contributed by atoms with Crippen LogP contribution < -0.4 is 0 Å². The lowest BCUT2D eigenvalue weighted by Crippen LogP contribution is -2.36. The fourth-order valence-corrected chi connectivity index (χ4v) is 4.54. The molecule has 0 unspecified atom stereocenters. The highest BCUT2D eigenvalue weighted by atomic mass is 16.2. The predicted molar refractivity (Wildman–Crippen MR) is 115 cm³/mol. The van der Waals surface area contributed by atoms with E-state index in [2.05, 4.69) is 54.1 Å². The molecule has 4 nitrogen and oxygen atoms in total. The normalized spacial score (nSPS) is 15.5. The van der Waals surface area contributed by atoms with Gasteiger partial charge < -0.3 is 9.88 Å². The maximum absolute atomic E-state index is 11.6. The zero-order chi connectivity index (χ0) is 19.8. The topological polar surface area (TPSA) is 49.0 Å². The van der Waals surface area contributed by atoms with Crippen LogP contribution in [0.15, 0.2) is 36.5 Å². The number of nitrogens with one attached hydrogen (secondary N) is 1. The van der Waals surface area contributed by atoms with E-state index < -0.39 is 0 Å². The van der Waals surface area contributed by atoms with E-state index in [4.69, 9.17) is 0 Å². The van der Waals surface area contributed by atoms with Crippen LogP contribution in [0.2, 0.25) is 0 Å². The van der Waals surface area contributed by atoms with Gasteiger partial charge in [-0.1, -0.05) is 19.9 Å². The number of nitrogens with zero attached hydrogens (tertiary/aromatic N) is 2. The summed E-state index contributed by atoms with van der Waals surface area (Å²) in [7, 11) is 0. The van der Waals surface area contributed by atoms with Gasteiger partial charge in [0.05, 0.1) is 5.69 Å². The number of hydrogen-bond acceptors (Lipinski definition) is 2. The molecular weight excluding hydrogens is 346 g/mol. The highest BCUT2D eigenvalue weighted by Crippen LogP contribution is 2.38. The van der Waals surface area contributed by atoms with Gasteiger partial charge in [0, 0.05) is 48.4 Å². The minimum atomic E-state index is 0.193. The van der Waals surface area contributed by atoms with Gasteiger partial charge >= 0.3 is 0 Å². The average Bonchev–Trinajstić information content (AvgIpc) is 3.07. The van der Waals surface area contributed by atoms with E-state index in [0.717, 1.165) is 31.6 Å². The second-order valence-corrected chi connectivity index (χ2v) is 8.34. The van der Waals surface area contributed by atoms with E-state index >= 15 is 0 Å². The number of pyridine rings is 1. The first kappa shape index (κ1) is 18.7. The molecule has 1 aliphatic rings. The Labute approximate surface area is 167 Å². The Balaban J connectivity index is 1.73. The fraction of sp³-hybridized carbons (Fsp3) is 0.417. The van der Waals surface area contributed by atoms with Gasteiger partial charge in [-0.2, -0.15) is 0 Å². The van der Waals surface area contributed by atoms with Crippen LogP contribution in [0.5, 0.6) is 0 Å². The second kappa shape index (κ2) is 7.42. The Hall–Kier alpha value is -2.62. The molecule has 0 saturated carbocycles. The van der Waals surface area contributed by atoms with Gasteiger partial charge in [-0.05, 0) is 67.0 Å². The van der Waals surface area contributed by atoms with Gasteiger partial charge in [-0.15, -0.1) is 0 Å². The third-order valence-electron chi connectivity index (χ3n) is 6.04. The van der Waals surface area contributed by atoms with Crippen molar-refractivity contribution in [2.24, 2.45) is 0 Å². The SMILES string of the molecule is CC(=O)N1CCC(c2ccc3[nH]c(-c4ccnc(C)c4)c(C(C)C)c3c2)CC1. The first-order valence-electron chi connectivity index (χ1n) is 10.3. The standard InChI is InChI=1S/C24H29N3O/c1-15(2)23-21-14-19(18-8-11-27(12-9-18)17(4)28)5-6-22(21)26-24(23)20-7-10-25-16(3)13-20/h5-7,10,13-15,18,26H,8-9,11-12H2,1-4H3. The molecule has 0 atom stereocenters. The molecule has 1 saturated heterocycles. The van der Waals surface area contributed by atoms with E-state index in [-0.39, 0.29) is 5.91 Å². The van der Waals surface area contributed by atoms with Crippen LogP contribution in [-0.2, 0) is 4.79 Å². The summed E-state index contributed by atoms with van der Waals surface area (Å²) in [4.78, 5) is 21.6. The Bertz CT molecular complexity index is 1010. The monoisotopic (exact) mass is 375 g/mol. The lowest BCUT2D eigenvalue weighted by molar-refractivity contribution is -0.129. The van der Waals surface area contributed by atoms with Gasteiger partial charge in [0.1, 0.15) is 0 Å². The largest absolute Gasteiger partial charge is 0.354 e. The van der Waals surface area contributed by atoms with Crippen LogP contribution in [0.25, 0.3) is 22.2 Å². The maximum Gasteiger partial charge on any atom is 0.219 e. The molecule has 1 aromatic carbocycles. The summed E-state index contributed by atoms with van der Waals surface area (Å²) in [6.07, 6.45) is 3.97. The van der Waals surface area contributed by atoms with E-state index in [0.29, 0.717) is 11.8 Å². The van der Waals surface area contributed by atoms with Crippen LogP contribution in [0, 0.1) is 6.92 Å². The van der Waals surface area contributed by atoms with Crippen LogP contribution in [0.3, 0.4) is 0 Å². The van der Waals surface area contributed by atoms with Crippen LogP contribution in [0.4, 0.5) is 0 Å². The molecule has 1 amide bonds. The van der Waals surface area contributed by atoms with Crippen LogP contribution in [0.1, 0.15) is 62.3 Å². The number of piperidine rings is 1. The summed E-state index contributed by atoms with van der Waals surface area (Å²) in [5.74, 6) is 1.15. The molecule has 3 aromatic rings. The molecule has 3 heterocycles. The van der Waals surface area contributed by atoms with E-state index in [1.54, 1.807) is 6.92 Å². The molecule has 28 heavy (non-hydrogen) atoms. The minimum absolute atomic E-state index is 0.193. The molecule has 0 bridgehead atoms. The molecule has 0 aliphatic carbocycles. The number of amides is 1. The summed E-state index contributed by atoms with van der Waals surface area (Å²) in [5, 5.41) is 1.32. The molecule has 1 aliphatic heterocycles. The third kappa shape index (κ3) is 3.44. The lowest BCUT2D eigenvalue weighted by Gasteiger charge is -2.31. The van der Waals surface area contributed by atoms with Crippen LogP contribution >= 0.6 is 0 Å². The summed E-state index contributed by atoms with van der Waals surface area (Å²) < 4.78 is 0. The number of carbonyl (C=O) groups is 1. The Morgan fingerprint density at radius 2 is 1.93 bits per heavy atom. The van der Waals surface area contributed by atoms with Crippen molar-refractivity contribution >= 4 is 16.8 Å². The van der Waals surface area contributed by atoms with E-state index in [9.17, 15) is 4.79 Å². The molecule has 1 fully saturated rings. The number of rotatable bonds is 3. The Morgan fingerprint density at radius 3 is 2.57 bits per heavy atom. The van der Waals surface area contributed by atoms with Gasteiger partial charge in [-0.3, -0.25) is 9.78 Å². The van der Waals surface area contributed by atoms with Crippen molar-refractivity contribution in [2.45, 2.75) is 52.4 Å². The van der Waals surface area contributed by atoms with E-state index in [1.165, 1.54) is 33.3 Å². The summed E-state index contributed by atoms with van der Waals surface area (Å²) in [5.41, 5.74) is 7.40. The lowest BCUT2D eigenvalue weighted by atomic mass is 9.87. The van der Waals surface area contributed by atoms with Crippen LogP contribution in [-0.4, -0.2) is 33.9 Å². The van der Waals surface area contributed by atoms with Gasteiger partial charge in [0.25, 0.3) is 0 Å². The van der Waals surface area contributed by atoms with Gasteiger partial charge in [0.2, 0.25) is 5.91 Å². The third-order valence-corrected chi connectivity index (χ3v) is 6.04. The predicted octanol–water partition coefficient (Wildman–Crippen LogP) is 5.39. The van der Waals surface area contributed by atoms with Gasteiger partial charge in [0.15, 0.2) is 0 Å². The number of hydrogen-bond donors (Lipinski definition) is 1. The Morgan fingerprint density at radius 1 is 1.18 bits per heavy atom. The number of likely N-dealkylation sites (tertiary alicyclic amines) is 1. The van der Waals surface area contributed by atoms with Crippen molar-refractivity contribution in [2.75, 3.05) is 13.1 Å². The molecule has 1 N–H and O–H groups in total. The smallest absolute Gasteiger partial charge is 0.219 e. The van der Waals surface area contributed by atoms with E-state index in [1.807, 2.05) is 18.0 Å². The van der Waals surface area contributed by atoms with Crippen molar-refractivity contribution in [3.63, 3.8) is 0 Å². The average molecular weight is 376 g/mol. The molecule has 0 radical (unpaired) electrons. The minimum Gasteiger partial charge on any atom is -0.354 e. The number of carbonyl (C=O) groups excluding carboxylic acids is 1. The molecule has 4 heteroatoms. The molecule has 4 rings (SSSR count). The quantitative estimate of drug-likeness (QED) is 0.667. The highest BCUT2D eigenvalue weighted by Gasteiger charge is 2.23. The van der Waals surface area contributed by atoms with Crippen molar-refractivity contribution in [3.8, 4) is 11.3 Å². The number of benzene rings is 1. The highest BCUT2D eigenvalue weighted by molar-refractivity contribution is 5.92. The van der Waals surface area contributed by atoms with Crippen molar-refractivity contribution in [1.29, 1.82) is 0 Å². The first-order valence-corrected chi connectivity index (χ1v) is 10.3. The number of aromatic nitrogens is 2. The second-order valence-electron chi connectivity index (χ2n) is 8.34.